The van der Waals surface area contributed by atoms with Gasteiger partial charge in [-0.25, -0.2) is 16.8 Å². The molecule has 10 nitrogen and oxygen atoms in total. The number of ether oxygens (including phenoxy) is 2. The lowest BCUT2D eigenvalue weighted by atomic mass is 10.2. The lowest BCUT2D eigenvalue weighted by Crippen LogP contribution is -2.38. The molecule has 0 saturated heterocycles. The second-order valence-corrected chi connectivity index (χ2v) is 13.3. The zero-order valence-electron chi connectivity index (χ0n) is 23.6. The van der Waals surface area contributed by atoms with Crippen LogP contribution < -0.4 is 23.8 Å². The average molecular weight is 644 g/mol. The molecule has 0 bridgehead atoms. The molecular weight excluding hydrogens is 614 g/mol. The number of amides is 1. The zero-order chi connectivity index (χ0) is 31.2. The second-order valence-electron chi connectivity index (χ2n) is 9.27. The van der Waals surface area contributed by atoms with E-state index in [9.17, 15) is 21.6 Å². The molecule has 0 fully saturated rings. The van der Waals surface area contributed by atoms with Crippen LogP contribution in [0.4, 0.5) is 17.1 Å². The Bertz CT molecular complexity index is 1800. The molecule has 0 unspecified atom stereocenters. The van der Waals surface area contributed by atoms with Crippen molar-refractivity contribution in [3.8, 4) is 11.5 Å². The monoisotopic (exact) mass is 643 g/mol. The number of methoxy groups -OCH3 is 1. The van der Waals surface area contributed by atoms with Gasteiger partial charge in [-0.1, -0.05) is 17.7 Å². The van der Waals surface area contributed by atoms with Gasteiger partial charge in [-0.2, -0.15) is 0 Å². The summed E-state index contributed by atoms with van der Waals surface area (Å²) in [7, 11) is -6.70. The number of halogens is 1. The maximum Gasteiger partial charge on any atom is 0.264 e. The molecule has 0 saturated carbocycles. The molecule has 0 aromatic heterocycles. The van der Waals surface area contributed by atoms with Crippen LogP contribution in [0.3, 0.4) is 0 Å². The van der Waals surface area contributed by atoms with E-state index >= 15 is 0 Å². The van der Waals surface area contributed by atoms with Gasteiger partial charge in [0.25, 0.3) is 20.0 Å². The fourth-order valence-corrected chi connectivity index (χ4v) is 6.69. The molecule has 4 aromatic carbocycles. The summed E-state index contributed by atoms with van der Waals surface area (Å²) in [4.78, 5) is 13.0. The van der Waals surface area contributed by atoms with E-state index in [0.717, 1.165) is 9.87 Å². The minimum Gasteiger partial charge on any atom is -0.495 e. The predicted octanol–water partition coefficient (Wildman–Crippen LogP) is 5.69. The van der Waals surface area contributed by atoms with Gasteiger partial charge >= 0.3 is 0 Å². The van der Waals surface area contributed by atoms with E-state index < -0.39 is 32.5 Å². The van der Waals surface area contributed by atoms with Crippen molar-refractivity contribution >= 4 is 54.6 Å². The number of anilines is 3. The van der Waals surface area contributed by atoms with Gasteiger partial charge < -0.3 is 14.8 Å². The molecule has 2 N–H and O–H groups in total. The Morgan fingerprint density at radius 1 is 0.860 bits per heavy atom. The fraction of sp³-hybridized carbons (Fsp3) is 0.167. The van der Waals surface area contributed by atoms with Crippen LogP contribution in [0.2, 0.25) is 5.02 Å². The first-order valence-electron chi connectivity index (χ1n) is 13.0. The highest BCUT2D eigenvalue weighted by atomic mass is 35.5. The molecule has 0 heterocycles. The number of sulfonamides is 2. The Kier molecular flexibility index (Phi) is 9.84. The van der Waals surface area contributed by atoms with Crippen LogP contribution in [0, 0.1) is 6.92 Å². The molecule has 4 rings (SSSR count). The normalized spacial score (nSPS) is 11.4. The summed E-state index contributed by atoms with van der Waals surface area (Å²) in [6, 6.07) is 22.5. The molecule has 0 aliphatic carbocycles. The van der Waals surface area contributed by atoms with Crippen LogP contribution >= 0.6 is 11.6 Å². The van der Waals surface area contributed by atoms with Crippen molar-refractivity contribution in [2.75, 3.05) is 34.6 Å². The van der Waals surface area contributed by atoms with Gasteiger partial charge in [-0.15, -0.1) is 0 Å². The lowest BCUT2D eigenvalue weighted by molar-refractivity contribution is -0.114. The third kappa shape index (κ3) is 7.78. The molecule has 1 amide bonds. The Morgan fingerprint density at radius 2 is 1.49 bits per heavy atom. The van der Waals surface area contributed by atoms with Crippen LogP contribution in [0.25, 0.3) is 0 Å². The van der Waals surface area contributed by atoms with Gasteiger partial charge in [0.1, 0.15) is 18.0 Å². The van der Waals surface area contributed by atoms with E-state index in [-0.39, 0.29) is 26.9 Å². The van der Waals surface area contributed by atoms with Gasteiger partial charge in [0.2, 0.25) is 5.91 Å². The number of carbonyl (C=O) groups excluding carboxylic acids is 1. The zero-order valence-corrected chi connectivity index (χ0v) is 26.0. The smallest absolute Gasteiger partial charge is 0.264 e. The summed E-state index contributed by atoms with van der Waals surface area (Å²) < 4.78 is 67.4. The van der Waals surface area contributed by atoms with Gasteiger partial charge in [0.15, 0.2) is 0 Å². The van der Waals surface area contributed by atoms with E-state index in [1.807, 2.05) is 13.8 Å². The minimum absolute atomic E-state index is 0.0459. The average Bonchev–Trinajstić information content (AvgIpc) is 2.97. The van der Waals surface area contributed by atoms with Crippen LogP contribution in [0.5, 0.6) is 11.5 Å². The summed E-state index contributed by atoms with van der Waals surface area (Å²) in [6.07, 6.45) is 0. The predicted molar refractivity (Wildman–Crippen MR) is 167 cm³/mol. The van der Waals surface area contributed by atoms with Gasteiger partial charge in [-0.3, -0.25) is 13.8 Å². The van der Waals surface area contributed by atoms with E-state index in [1.54, 1.807) is 42.5 Å². The maximum atomic E-state index is 13.6. The highest BCUT2D eigenvalue weighted by Crippen LogP contribution is 2.29. The van der Waals surface area contributed by atoms with Gasteiger partial charge in [0.05, 0.1) is 34.9 Å². The number of nitrogens with zero attached hydrogens (tertiary/aromatic N) is 1. The first-order valence-corrected chi connectivity index (χ1v) is 16.3. The van der Waals surface area contributed by atoms with Crippen molar-refractivity contribution in [2.24, 2.45) is 0 Å². The highest BCUT2D eigenvalue weighted by molar-refractivity contribution is 7.93. The number of carbonyl (C=O) groups is 1. The Morgan fingerprint density at radius 3 is 2.09 bits per heavy atom. The minimum atomic E-state index is -4.17. The molecular formula is C30H30ClN3O7S2. The fourth-order valence-electron chi connectivity index (χ4n) is 4.08. The number of aryl methyl sites for hydroxylation is 1. The molecule has 0 atom stereocenters. The SMILES string of the molecule is CCOc1ccc(N(CC(=O)Nc2ccc(S(=O)(=O)Nc3cc(C)ccc3OC)cc2)S(=O)(=O)c2ccc(Cl)cc2)cc1. The molecule has 226 valence electrons. The molecule has 4 aromatic rings. The molecule has 0 radical (unpaired) electrons. The number of hydrogen-bond acceptors (Lipinski definition) is 7. The Labute approximate surface area is 256 Å². The molecule has 0 aliphatic heterocycles. The van der Waals surface area contributed by atoms with Crippen molar-refractivity contribution in [1.29, 1.82) is 0 Å². The van der Waals surface area contributed by atoms with Crippen LogP contribution in [-0.2, 0) is 24.8 Å². The van der Waals surface area contributed by atoms with Crippen molar-refractivity contribution in [2.45, 2.75) is 23.6 Å². The molecule has 0 aliphatic rings. The summed E-state index contributed by atoms with van der Waals surface area (Å²) in [6.45, 7) is 3.53. The third-order valence-corrected chi connectivity index (χ3v) is 9.59. The maximum absolute atomic E-state index is 13.6. The number of benzene rings is 4. The molecule has 0 spiro atoms. The molecule has 13 heteroatoms. The second kappa shape index (κ2) is 13.4. The van der Waals surface area contributed by atoms with Crippen molar-refractivity contribution in [3.05, 3.63) is 102 Å². The summed E-state index contributed by atoms with van der Waals surface area (Å²) >= 11 is 5.95. The Balaban J connectivity index is 1.54. The summed E-state index contributed by atoms with van der Waals surface area (Å²) in [5, 5.41) is 3.00. The van der Waals surface area contributed by atoms with Gasteiger partial charge in [-0.05, 0) is 104 Å². The van der Waals surface area contributed by atoms with Crippen molar-refractivity contribution in [1.82, 2.24) is 0 Å². The largest absolute Gasteiger partial charge is 0.495 e. The van der Waals surface area contributed by atoms with E-state index in [2.05, 4.69) is 10.0 Å². The Hall–Kier alpha value is -4.26. The van der Waals surface area contributed by atoms with Gasteiger partial charge in [0, 0.05) is 10.7 Å². The lowest BCUT2D eigenvalue weighted by Gasteiger charge is -2.24. The third-order valence-electron chi connectivity index (χ3n) is 6.17. The summed E-state index contributed by atoms with van der Waals surface area (Å²) in [5.41, 5.74) is 1.64. The standard InChI is InChI=1S/C30H30ClN3O7S2/c1-4-41-25-12-10-24(11-13-25)34(43(38,39)27-14-6-22(31)7-15-27)20-30(35)32-23-8-16-26(17-9-23)42(36,37)33-28-19-21(2)5-18-29(28)40-3/h5-19,33H,4,20H2,1-3H3,(H,32,35). The van der Waals surface area contributed by atoms with Crippen LogP contribution in [-0.4, -0.2) is 43.0 Å². The number of rotatable bonds is 12. The molecule has 43 heavy (non-hydrogen) atoms. The first kappa shape index (κ1) is 31.7. The summed E-state index contributed by atoms with van der Waals surface area (Å²) in [5.74, 6) is 0.262. The number of nitrogens with one attached hydrogen (secondary N) is 2. The highest BCUT2D eigenvalue weighted by Gasteiger charge is 2.27. The van der Waals surface area contributed by atoms with E-state index in [0.29, 0.717) is 23.1 Å². The quantitative estimate of drug-likeness (QED) is 0.203. The number of hydrogen-bond donors (Lipinski definition) is 2. The van der Waals surface area contributed by atoms with Crippen molar-refractivity contribution in [3.63, 3.8) is 0 Å². The van der Waals surface area contributed by atoms with Crippen LogP contribution in [0.15, 0.2) is 101 Å². The topological polar surface area (TPSA) is 131 Å². The van der Waals surface area contributed by atoms with E-state index in [1.165, 1.54) is 55.6 Å². The first-order chi connectivity index (χ1) is 20.4. The van der Waals surface area contributed by atoms with Crippen molar-refractivity contribution < 1.29 is 31.1 Å². The van der Waals surface area contributed by atoms with E-state index in [4.69, 9.17) is 21.1 Å². The van der Waals surface area contributed by atoms with Crippen LogP contribution in [0.1, 0.15) is 12.5 Å².